The summed E-state index contributed by atoms with van der Waals surface area (Å²) in [4.78, 5) is 11.9. The summed E-state index contributed by atoms with van der Waals surface area (Å²) in [6.45, 7) is 1.09. The molecular formula is C19H26B6N4O. The fraction of sp³-hybridized carbons (Fsp3) is 0.263. The van der Waals surface area contributed by atoms with E-state index < -0.39 is 5.91 Å². The van der Waals surface area contributed by atoms with Crippen LogP contribution in [0.2, 0.25) is 0 Å². The highest BCUT2D eigenvalue weighted by molar-refractivity contribution is 6.60. The van der Waals surface area contributed by atoms with Crippen LogP contribution in [0.5, 0.6) is 0 Å². The number of nitrogens with two attached hydrogens (primary N) is 1. The summed E-state index contributed by atoms with van der Waals surface area (Å²) < 4.78 is 1.93. The van der Waals surface area contributed by atoms with E-state index in [-0.39, 0.29) is 5.31 Å². The van der Waals surface area contributed by atoms with Crippen molar-refractivity contribution in [3.05, 3.63) is 35.5 Å². The molecule has 0 radical (unpaired) electrons. The molecule has 11 heteroatoms. The number of carbonyl (C=O) groups excluding carboxylic acids is 1. The second-order valence-electron chi connectivity index (χ2n) is 9.10. The number of fused-ring (bicyclic) bond motifs is 1. The third-order valence-electron chi connectivity index (χ3n) is 7.47. The van der Waals surface area contributed by atoms with Crippen molar-refractivity contribution in [3.63, 3.8) is 0 Å². The van der Waals surface area contributed by atoms with Crippen molar-refractivity contribution in [1.29, 1.82) is 0 Å². The van der Waals surface area contributed by atoms with Crippen LogP contribution >= 0.6 is 0 Å². The summed E-state index contributed by atoms with van der Waals surface area (Å²) in [5.74, 6) is -0.0209. The number of carbonyl (C=O) groups is 1. The van der Waals surface area contributed by atoms with E-state index >= 15 is 0 Å². The molecule has 146 valence electrons. The van der Waals surface area contributed by atoms with E-state index in [0.717, 1.165) is 17.6 Å². The van der Waals surface area contributed by atoms with Gasteiger partial charge in [-0.3, -0.25) is 4.79 Å². The van der Waals surface area contributed by atoms with Crippen molar-refractivity contribution in [2.24, 2.45) is 5.73 Å². The third kappa shape index (κ3) is 3.06. The van der Waals surface area contributed by atoms with Gasteiger partial charge in [0.2, 0.25) is 0 Å². The standard InChI is InChI=1S/C19H26B6N4O/c20-11-10(19(25)5-2-6-27-18(19)24)12(21)14(23)16(13(11)22)29-7-8-3-1-4-9(17(26)30)15(8)28-29/h1,3-4,7,18,27H,2,5-6,20-25H2,(H2,26,30). The van der Waals surface area contributed by atoms with Gasteiger partial charge in [-0.15, -0.1) is 0 Å². The highest BCUT2D eigenvalue weighted by atomic mass is 16.1. The Bertz CT molecular complexity index is 1150. The van der Waals surface area contributed by atoms with E-state index in [2.05, 4.69) is 52.4 Å². The maximum atomic E-state index is 11.9. The Morgan fingerprint density at radius 2 is 1.83 bits per heavy atom. The largest absolute Gasteiger partial charge is 0.366 e. The molecule has 1 amide bonds. The molecule has 2 unspecified atom stereocenters. The molecule has 2 aromatic carbocycles. The van der Waals surface area contributed by atoms with E-state index in [1.165, 1.54) is 40.3 Å². The zero-order valence-corrected chi connectivity index (χ0v) is 18.9. The number of nitrogens with zero attached hydrogens (tertiary/aromatic N) is 2. The first-order chi connectivity index (χ1) is 14.2. The molecule has 0 spiro atoms. The first kappa shape index (κ1) is 21.0. The highest BCUT2D eigenvalue weighted by Crippen LogP contribution is 2.29. The van der Waals surface area contributed by atoms with Gasteiger partial charge in [-0.1, -0.05) is 39.5 Å². The van der Waals surface area contributed by atoms with Crippen LogP contribution < -0.4 is 32.9 Å². The lowest BCUT2D eigenvalue weighted by molar-refractivity contribution is 0.100. The normalized spacial score (nSPS) is 21.7. The summed E-state index contributed by atoms with van der Waals surface area (Å²) in [6.07, 6.45) is 4.39. The average Bonchev–Trinajstić information content (AvgIpc) is 3.12. The Kier molecular flexibility index (Phi) is 5.21. The van der Waals surface area contributed by atoms with Gasteiger partial charge in [0, 0.05) is 11.6 Å². The minimum absolute atomic E-state index is 0.106. The van der Waals surface area contributed by atoms with Gasteiger partial charge in [-0.25, -0.2) is 4.68 Å². The number of nitrogens with one attached hydrogen (secondary N) is 1. The Morgan fingerprint density at radius 3 is 2.43 bits per heavy atom. The zero-order valence-electron chi connectivity index (χ0n) is 18.9. The Labute approximate surface area is 183 Å². The van der Waals surface area contributed by atoms with Crippen molar-refractivity contribution in [3.8, 4) is 5.69 Å². The summed E-state index contributed by atoms with van der Waals surface area (Å²) in [5.41, 5.74) is 14.4. The Morgan fingerprint density at radius 1 is 1.17 bits per heavy atom. The molecule has 5 nitrogen and oxygen atoms in total. The highest BCUT2D eigenvalue weighted by Gasteiger charge is 2.37. The fourth-order valence-electron chi connectivity index (χ4n) is 5.41. The lowest BCUT2D eigenvalue weighted by Gasteiger charge is -2.44. The van der Waals surface area contributed by atoms with Crippen LogP contribution in [0.25, 0.3) is 16.6 Å². The molecule has 2 heterocycles. The van der Waals surface area contributed by atoms with E-state index in [1.54, 1.807) is 6.07 Å². The van der Waals surface area contributed by atoms with E-state index in [1.807, 2.05) is 23.0 Å². The summed E-state index contributed by atoms with van der Waals surface area (Å²) >= 11 is 0. The van der Waals surface area contributed by atoms with Crippen molar-refractivity contribution >= 4 is 85.7 Å². The Hall–Kier alpha value is -2.27. The minimum Gasteiger partial charge on any atom is -0.366 e. The van der Waals surface area contributed by atoms with Crippen molar-refractivity contribution < 1.29 is 4.79 Å². The number of amides is 1. The molecule has 3 N–H and O–H groups in total. The second kappa shape index (κ2) is 7.45. The molecule has 1 aliphatic heterocycles. The van der Waals surface area contributed by atoms with Crippen LogP contribution in [-0.2, 0) is 5.31 Å². The molecule has 3 aromatic rings. The van der Waals surface area contributed by atoms with Crippen molar-refractivity contribution in [2.45, 2.75) is 24.1 Å². The van der Waals surface area contributed by atoms with Gasteiger partial charge < -0.3 is 11.1 Å². The third-order valence-corrected chi connectivity index (χ3v) is 7.47. The van der Waals surface area contributed by atoms with Gasteiger partial charge in [0.05, 0.1) is 11.3 Å². The summed E-state index contributed by atoms with van der Waals surface area (Å²) in [6, 6.07) is 5.56. The lowest BCUT2D eigenvalue weighted by atomic mass is 9.46. The van der Waals surface area contributed by atoms with Gasteiger partial charge in [0.1, 0.15) is 52.6 Å². The number of benzene rings is 2. The predicted octanol–water partition coefficient (Wildman–Crippen LogP) is -6.67. The first-order valence-corrected chi connectivity index (χ1v) is 10.8. The van der Waals surface area contributed by atoms with Crippen molar-refractivity contribution in [1.82, 2.24) is 15.1 Å². The van der Waals surface area contributed by atoms with E-state index in [0.29, 0.717) is 17.0 Å². The molecule has 1 aromatic heterocycles. The molecule has 0 saturated carbocycles. The fourth-order valence-corrected chi connectivity index (χ4v) is 5.41. The second-order valence-corrected chi connectivity index (χ2v) is 9.10. The van der Waals surface area contributed by atoms with E-state index in [4.69, 9.17) is 10.8 Å². The molecule has 0 bridgehead atoms. The van der Waals surface area contributed by atoms with Crippen LogP contribution in [0.4, 0.5) is 0 Å². The predicted molar refractivity (Wildman–Crippen MR) is 142 cm³/mol. The molecule has 0 aliphatic carbocycles. The molecule has 4 rings (SSSR count). The quantitative estimate of drug-likeness (QED) is 0.436. The maximum Gasteiger partial charge on any atom is 0.250 e. The average molecular weight is 391 g/mol. The minimum atomic E-state index is -0.450. The van der Waals surface area contributed by atoms with Crippen LogP contribution in [0.1, 0.15) is 28.8 Å². The molecule has 1 fully saturated rings. The summed E-state index contributed by atoms with van der Waals surface area (Å²) in [5, 5.41) is 9.49. The number of hydrogen-bond acceptors (Lipinski definition) is 3. The number of hydrogen-bond donors (Lipinski definition) is 2. The molecule has 30 heavy (non-hydrogen) atoms. The number of primary amides is 1. The van der Waals surface area contributed by atoms with Gasteiger partial charge in [-0.05, 0) is 36.7 Å². The van der Waals surface area contributed by atoms with Crippen molar-refractivity contribution in [2.75, 3.05) is 6.54 Å². The van der Waals surface area contributed by atoms with Crippen LogP contribution in [-0.4, -0.2) is 75.3 Å². The Balaban J connectivity index is 1.95. The maximum absolute atomic E-state index is 11.9. The summed E-state index contributed by atoms with van der Waals surface area (Å²) in [7, 11) is 13.6. The van der Waals surface area contributed by atoms with Crippen LogP contribution in [0.3, 0.4) is 0 Å². The monoisotopic (exact) mass is 392 g/mol. The van der Waals surface area contributed by atoms with E-state index in [9.17, 15) is 4.79 Å². The van der Waals surface area contributed by atoms with Gasteiger partial charge in [0.15, 0.2) is 0 Å². The lowest BCUT2D eigenvalue weighted by Crippen LogP contribution is -2.61. The van der Waals surface area contributed by atoms with Crippen LogP contribution in [0.15, 0.2) is 24.4 Å². The number of piperidine rings is 1. The topological polar surface area (TPSA) is 72.9 Å². The first-order valence-electron chi connectivity index (χ1n) is 10.8. The molecule has 1 saturated heterocycles. The smallest absolute Gasteiger partial charge is 0.250 e. The number of rotatable bonds is 3. The van der Waals surface area contributed by atoms with Crippen LogP contribution in [0, 0.1) is 0 Å². The zero-order chi connectivity index (χ0) is 21.8. The molecule has 1 aliphatic rings. The SMILES string of the molecule is Bc1c(B)c(C2(B)CCCNC2B)c(B)c(B)c1-n1cc2cccc(C(N)=O)c2n1. The van der Waals surface area contributed by atoms with Gasteiger partial charge >= 0.3 is 0 Å². The van der Waals surface area contributed by atoms with Gasteiger partial charge in [0.25, 0.3) is 5.91 Å². The number of aromatic nitrogens is 2. The molecule has 2 atom stereocenters. The van der Waals surface area contributed by atoms with Gasteiger partial charge in [-0.2, -0.15) is 5.10 Å². The molecular weight excluding hydrogens is 365 g/mol.